The minimum atomic E-state index is -4.07. The van der Waals surface area contributed by atoms with Crippen molar-refractivity contribution in [2.24, 2.45) is 0 Å². The molecule has 0 fully saturated rings. The Bertz CT molecular complexity index is 922. The number of carbonyl (C=O) groups excluding carboxylic acids is 1. The van der Waals surface area contributed by atoms with Crippen molar-refractivity contribution in [3.8, 4) is 0 Å². The number of carbonyl (C=O) groups is 2. The van der Waals surface area contributed by atoms with Gasteiger partial charge in [-0.25, -0.2) is 13.1 Å². The predicted molar refractivity (Wildman–Crippen MR) is 95.3 cm³/mol. The predicted octanol–water partition coefficient (Wildman–Crippen LogP) is 1.62. The summed E-state index contributed by atoms with van der Waals surface area (Å²) in [5.41, 5.74) is 0.850. The summed E-state index contributed by atoms with van der Waals surface area (Å²) < 4.78 is 27.7. The van der Waals surface area contributed by atoms with E-state index in [0.717, 1.165) is 18.0 Å². The molecule has 134 valence electrons. The zero-order valence-corrected chi connectivity index (χ0v) is 15.0. The first-order chi connectivity index (χ1) is 11.6. The number of benzene rings is 2. The number of fused-ring (bicyclic) bond motifs is 1. The summed E-state index contributed by atoms with van der Waals surface area (Å²) in [5.74, 6) is -1.81. The Labute approximate surface area is 146 Å². The molecule has 0 bridgehead atoms. The third-order valence-corrected chi connectivity index (χ3v) is 5.33. The Balaban J connectivity index is 2.54. The standard InChI is InChI=1S/C17H20N2O5S/c1-11(20)14(10-17(21)22)18-25(23,24)16-9-5-6-12-13(16)7-4-8-15(12)19(2)3/h4-9,14,18H,10H2,1-3H3,(H,21,22)/t14-/m0/s1. The van der Waals surface area contributed by atoms with Crippen LogP contribution in [-0.4, -0.2) is 45.4 Å². The highest BCUT2D eigenvalue weighted by atomic mass is 32.2. The van der Waals surface area contributed by atoms with Crippen LogP contribution >= 0.6 is 0 Å². The maximum absolute atomic E-state index is 12.8. The number of nitrogens with zero attached hydrogens (tertiary/aromatic N) is 1. The summed E-state index contributed by atoms with van der Waals surface area (Å²) in [6.45, 7) is 1.16. The second-order valence-electron chi connectivity index (χ2n) is 5.91. The number of carboxylic acid groups (broad SMARTS) is 1. The van der Waals surface area contributed by atoms with Crippen LogP contribution in [0.1, 0.15) is 13.3 Å². The van der Waals surface area contributed by atoms with E-state index in [2.05, 4.69) is 4.72 Å². The summed E-state index contributed by atoms with van der Waals surface area (Å²) in [5, 5.41) is 10.1. The van der Waals surface area contributed by atoms with Crippen molar-refractivity contribution in [1.29, 1.82) is 0 Å². The van der Waals surface area contributed by atoms with E-state index >= 15 is 0 Å². The van der Waals surface area contributed by atoms with Gasteiger partial charge in [-0.3, -0.25) is 9.59 Å². The van der Waals surface area contributed by atoms with Crippen molar-refractivity contribution in [1.82, 2.24) is 4.72 Å². The summed E-state index contributed by atoms with van der Waals surface area (Å²) in [6, 6.07) is 8.84. The van der Waals surface area contributed by atoms with Crippen molar-refractivity contribution < 1.29 is 23.1 Å². The van der Waals surface area contributed by atoms with Gasteiger partial charge in [-0.2, -0.15) is 0 Å². The average molecular weight is 364 g/mol. The van der Waals surface area contributed by atoms with Gasteiger partial charge >= 0.3 is 5.97 Å². The summed E-state index contributed by atoms with van der Waals surface area (Å²) in [6.07, 6.45) is -0.609. The molecule has 0 unspecified atom stereocenters. The van der Waals surface area contributed by atoms with Gasteiger partial charge < -0.3 is 10.0 Å². The number of rotatable bonds is 7. The first-order valence-corrected chi connectivity index (χ1v) is 9.05. The number of nitrogens with one attached hydrogen (secondary N) is 1. The Morgan fingerprint density at radius 1 is 1.12 bits per heavy atom. The molecule has 25 heavy (non-hydrogen) atoms. The monoisotopic (exact) mass is 364 g/mol. The fourth-order valence-corrected chi connectivity index (χ4v) is 4.06. The molecule has 2 N–H and O–H groups in total. The molecule has 0 amide bonds. The second-order valence-corrected chi connectivity index (χ2v) is 7.59. The van der Waals surface area contributed by atoms with Crippen LogP contribution in [0.15, 0.2) is 41.3 Å². The molecule has 2 aromatic carbocycles. The molecule has 0 saturated heterocycles. The van der Waals surface area contributed by atoms with Gasteiger partial charge in [-0.15, -0.1) is 0 Å². The van der Waals surface area contributed by atoms with Crippen molar-refractivity contribution in [3.63, 3.8) is 0 Å². The lowest BCUT2D eigenvalue weighted by Crippen LogP contribution is -2.41. The largest absolute Gasteiger partial charge is 0.481 e. The normalized spacial score (nSPS) is 12.8. The maximum Gasteiger partial charge on any atom is 0.305 e. The number of sulfonamides is 1. The molecule has 2 rings (SSSR count). The van der Waals surface area contributed by atoms with Gasteiger partial charge in [0.15, 0.2) is 0 Å². The Morgan fingerprint density at radius 3 is 2.28 bits per heavy atom. The zero-order chi connectivity index (χ0) is 18.8. The van der Waals surface area contributed by atoms with E-state index < -0.39 is 34.2 Å². The Kier molecular flexibility index (Phi) is 5.44. The number of aliphatic carboxylic acids is 1. The van der Waals surface area contributed by atoms with Crippen LogP contribution in [0.5, 0.6) is 0 Å². The molecule has 0 spiro atoms. The Morgan fingerprint density at radius 2 is 1.72 bits per heavy atom. The topological polar surface area (TPSA) is 104 Å². The first kappa shape index (κ1) is 18.9. The second kappa shape index (κ2) is 7.20. The minimum absolute atomic E-state index is 0.00494. The van der Waals surface area contributed by atoms with E-state index in [9.17, 15) is 18.0 Å². The van der Waals surface area contributed by atoms with Gasteiger partial charge in [0.05, 0.1) is 17.4 Å². The molecule has 0 heterocycles. The van der Waals surface area contributed by atoms with Crippen LogP contribution < -0.4 is 9.62 Å². The molecular formula is C17H20N2O5S. The zero-order valence-electron chi connectivity index (χ0n) is 14.2. The van der Waals surface area contributed by atoms with E-state index in [0.29, 0.717) is 5.39 Å². The van der Waals surface area contributed by atoms with Crippen molar-refractivity contribution in [3.05, 3.63) is 36.4 Å². The molecule has 0 aromatic heterocycles. The van der Waals surface area contributed by atoms with Crippen LogP contribution in [0.2, 0.25) is 0 Å². The number of hydrogen-bond acceptors (Lipinski definition) is 5. The molecule has 0 aliphatic carbocycles. The van der Waals surface area contributed by atoms with Gasteiger partial charge in [0.2, 0.25) is 10.0 Å². The smallest absolute Gasteiger partial charge is 0.305 e. The lowest BCUT2D eigenvalue weighted by molar-refractivity contribution is -0.139. The number of ketones is 1. The van der Waals surface area contributed by atoms with Crippen LogP contribution in [0.4, 0.5) is 5.69 Å². The van der Waals surface area contributed by atoms with E-state index in [1.165, 1.54) is 6.07 Å². The SMILES string of the molecule is CC(=O)[C@H](CC(=O)O)NS(=O)(=O)c1cccc2c(N(C)C)cccc12. The van der Waals surface area contributed by atoms with Crippen LogP contribution in [0.25, 0.3) is 10.8 Å². The van der Waals surface area contributed by atoms with Gasteiger partial charge in [0, 0.05) is 30.6 Å². The van der Waals surface area contributed by atoms with E-state index in [1.54, 1.807) is 18.2 Å². The lowest BCUT2D eigenvalue weighted by atomic mass is 10.1. The fraction of sp³-hybridized carbons (Fsp3) is 0.294. The molecule has 0 aliphatic heterocycles. The van der Waals surface area contributed by atoms with Gasteiger partial charge in [0.25, 0.3) is 0 Å². The highest BCUT2D eigenvalue weighted by Gasteiger charge is 2.26. The van der Waals surface area contributed by atoms with Crippen LogP contribution in [0, 0.1) is 0 Å². The third-order valence-electron chi connectivity index (χ3n) is 3.80. The molecular weight excluding hydrogens is 344 g/mol. The molecule has 0 aliphatic rings. The average Bonchev–Trinajstić information content (AvgIpc) is 2.52. The van der Waals surface area contributed by atoms with E-state index in [4.69, 9.17) is 5.11 Å². The quantitative estimate of drug-likeness (QED) is 0.774. The van der Waals surface area contributed by atoms with E-state index in [1.807, 2.05) is 31.1 Å². The summed E-state index contributed by atoms with van der Waals surface area (Å²) in [4.78, 5) is 24.3. The highest BCUT2D eigenvalue weighted by Crippen LogP contribution is 2.30. The molecule has 8 heteroatoms. The molecule has 0 radical (unpaired) electrons. The number of hydrogen-bond donors (Lipinski definition) is 2. The van der Waals surface area contributed by atoms with Gasteiger partial charge in [0.1, 0.15) is 5.78 Å². The fourth-order valence-electron chi connectivity index (χ4n) is 2.58. The van der Waals surface area contributed by atoms with Crippen molar-refractivity contribution in [2.75, 3.05) is 19.0 Å². The molecule has 0 saturated carbocycles. The number of Topliss-reactive ketones (excluding diaryl/α,β-unsaturated/α-hetero) is 1. The van der Waals surface area contributed by atoms with Crippen molar-refractivity contribution in [2.45, 2.75) is 24.3 Å². The van der Waals surface area contributed by atoms with E-state index in [-0.39, 0.29) is 4.90 Å². The third kappa shape index (κ3) is 4.15. The first-order valence-electron chi connectivity index (χ1n) is 7.57. The van der Waals surface area contributed by atoms with Crippen LogP contribution in [-0.2, 0) is 19.6 Å². The maximum atomic E-state index is 12.8. The van der Waals surface area contributed by atoms with Gasteiger partial charge in [-0.05, 0) is 19.1 Å². The molecule has 7 nitrogen and oxygen atoms in total. The summed E-state index contributed by atoms with van der Waals surface area (Å²) in [7, 11) is -0.364. The molecule has 1 atom stereocenters. The van der Waals surface area contributed by atoms with Crippen molar-refractivity contribution >= 4 is 38.2 Å². The highest BCUT2D eigenvalue weighted by molar-refractivity contribution is 7.89. The number of carboxylic acids is 1. The molecule has 2 aromatic rings. The lowest BCUT2D eigenvalue weighted by Gasteiger charge is -2.18. The Hall–Kier alpha value is -2.45. The van der Waals surface area contributed by atoms with Crippen LogP contribution in [0.3, 0.4) is 0 Å². The summed E-state index contributed by atoms with van der Waals surface area (Å²) >= 11 is 0. The minimum Gasteiger partial charge on any atom is -0.481 e. The number of anilines is 1. The van der Waals surface area contributed by atoms with Gasteiger partial charge in [-0.1, -0.05) is 24.3 Å².